The lowest BCUT2D eigenvalue weighted by atomic mass is 10.2. The lowest BCUT2D eigenvalue weighted by Crippen LogP contribution is -2.36. The van der Waals surface area contributed by atoms with Crippen LogP contribution in [0.3, 0.4) is 0 Å². The van der Waals surface area contributed by atoms with Crippen LogP contribution in [0, 0.1) is 0 Å². The molecule has 0 amide bonds. The summed E-state index contributed by atoms with van der Waals surface area (Å²) < 4.78 is 5.28. The van der Waals surface area contributed by atoms with Gasteiger partial charge in [0.2, 0.25) is 0 Å². The van der Waals surface area contributed by atoms with Crippen molar-refractivity contribution in [1.29, 1.82) is 0 Å². The van der Waals surface area contributed by atoms with Crippen molar-refractivity contribution in [3.8, 4) is 0 Å². The molecule has 15 heavy (non-hydrogen) atoms. The molecule has 2 N–H and O–H groups in total. The van der Waals surface area contributed by atoms with E-state index in [4.69, 9.17) is 10.5 Å². The Morgan fingerprint density at radius 3 is 2.20 bits per heavy atom. The molecule has 0 saturated carbocycles. The SMILES string of the molecule is C=C.Nc1ccc(N2CCOCC2)cc1.[HH]. The van der Waals surface area contributed by atoms with Gasteiger partial charge < -0.3 is 15.4 Å². The number of hydrogen-bond acceptors (Lipinski definition) is 3. The van der Waals surface area contributed by atoms with Gasteiger partial charge in [0, 0.05) is 25.9 Å². The second-order valence-electron chi connectivity index (χ2n) is 3.19. The third-order valence-electron chi connectivity index (χ3n) is 2.27. The number of ether oxygens (including phenoxy) is 1. The normalized spacial score (nSPS) is 15.3. The molecule has 1 aromatic carbocycles. The number of rotatable bonds is 1. The largest absolute Gasteiger partial charge is 0.399 e. The first-order chi connectivity index (χ1) is 7.36. The van der Waals surface area contributed by atoms with Crippen LogP contribution >= 0.6 is 0 Å². The van der Waals surface area contributed by atoms with Gasteiger partial charge in [-0.2, -0.15) is 0 Å². The summed E-state index contributed by atoms with van der Waals surface area (Å²) in [7, 11) is 0. The van der Waals surface area contributed by atoms with Crippen LogP contribution < -0.4 is 10.6 Å². The number of benzene rings is 1. The summed E-state index contributed by atoms with van der Waals surface area (Å²) in [5.41, 5.74) is 7.66. The fourth-order valence-corrected chi connectivity index (χ4v) is 1.51. The highest BCUT2D eigenvalue weighted by Gasteiger charge is 2.09. The van der Waals surface area contributed by atoms with Crippen LogP contribution in [0.2, 0.25) is 0 Å². The van der Waals surface area contributed by atoms with Crippen molar-refractivity contribution >= 4 is 11.4 Å². The molecule has 1 heterocycles. The first-order valence-corrected chi connectivity index (χ1v) is 5.04. The summed E-state index contributed by atoms with van der Waals surface area (Å²) in [6, 6.07) is 7.98. The molecule has 0 aromatic heterocycles. The molecule has 0 unspecified atom stereocenters. The lowest BCUT2D eigenvalue weighted by molar-refractivity contribution is 0.122. The van der Waals surface area contributed by atoms with E-state index in [9.17, 15) is 0 Å². The number of morpholine rings is 1. The summed E-state index contributed by atoms with van der Waals surface area (Å²) in [6.07, 6.45) is 0. The van der Waals surface area contributed by atoms with Gasteiger partial charge in [-0.3, -0.25) is 0 Å². The van der Waals surface area contributed by atoms with E-state index in [-0.39, 0.29) is 1.43 Å². The molecule has 0 bridgehead atoms. The van der Waals surface area contributed by atoms with Crippen molar-refractivity contribution in [3.05, 3.63) is 37.4 Å². The molecule has 3 nitrogen and oxygen atoms in total. The van der Waals surface area contributed by atoms with E-state index in [2.05, 4.69) is 30.2 Å². The average molecular weight is 208 g/mol. The van der Waals surface area contributed by atoms with Crippen LogP contribution in [0.4, 0.5) is 11.4 Å². The molecule has 2 rings (SSSR count). The van der Waals surface area contributed by atoms with Gasteiger partial charge in [0.05, 0.1) is 13.2 Å². The van der Waals surface area contributed by atoms with Crippen molar-refractivity contribution in [2.24, 2.45) is 0 Å². The Morgan fingerprint density at radius 1 is 1.13 bits per heavy atom. The van der Waals surface area contributed by atoms with Crippen LogP contribution in [0.15, 0.2) is 37.4 Å². The lowest BCUT2D eigenvalue weighted by Gasteiger charge is -2.28. The molecular formula is C12H20N2O. The zero-order chi connectivity index (χ0) is 11.1. The Hall–Kier alpha value is -1.48. The van der Waals surface area contributed by atoms with E-state index in [0.717, 1.165) is 32.0 Å². The van der Waals surface area contributed by atoms with E-state index in [0.29, 0.717) is 0 Å². The monoisotopic (exact) mass is 208 g/mol. The third-order valence-corrected chi connectivity index (χ3v) is 2.27. The minimum atomic E-state index is 0. The number of nitrogens with zero attached hydrogens (tertiary/aromatic N) is 1. The summed E-state index contributed by atoms with van der Waals surface area (Å²) in [6.45, 7) is 9.60. The zero-order valence-electron chi connectivity index (χ0n) is 8.98. The summed E-state index contributed by atoms with van der Waals surface area (Å²) >= 11 is 0. The van der Waals surface area contributed by atoms with Gasteiger partial charge >= 0.3 is 0 Å². The molecule has 1 aliphatic rings. The number of nitrogens with two attached hydrogens (primary N) is 1. The van der Waals surface area contributed by atoms with E-state index in [1.807, 2.05) is 12.1 Å². The minimum Gasteiger partial charge on any atom is -0.399 e. The predicted molar refractivity (Wildman–Crippen MR) is 67.3 cm³/mol. The van der Waals surface area contributed by atoms with Crippen molar-refractivity contribution in [2.75, 3.05) is 36.9 Å². The van der Waals surface area contributed by atoms with Gasteiger partial charge in [0.15, 0.2) is 0 Å². The maximum absolute atomic E-state index is 5.61. The topological polar surface area (TPSA) is 38.5 Å². The molecule has 0 atom stereocenters. The Morgan fingerprint density at radius 2 is 1.67 bits per heavy atom. The number of nitrogen functional groups attached to an aromatic ring is 1. The Labute approximate surface area is 92.6 Å². The van der Waals surface area contributed by atoms with Crippen molar-refractivity contribution in [1.82, 2.24) is 0 Å². The summed E-state index contributed by atoms with van der Waals surface area (Å²) in [5, 5.41) is 0. The van der Waals surface area contributed by atoms with Crippen molar-refractivity contribution < 1.29 is 6.16 Å². The second kappa shape index (κ2) is 6.09. The molecule has 1 aliphatic heterocycles. The first kappa shape index (κ1) is 11.6. The molecule has 3 heteroatoms. The summed E-state index contributed by atoms with van der Waals surface area (Å²) in [5.74, 6) is 0. The average Bonchev–Trinajstić information content (AvgIpc) is 2.34. The van der Waals surface area contributed by atoms with Crippen LogP contribution in [0.1, 0.15) is 1.43 Å². The molecule has 0 spiro atoms. The Bertz CT molecular complexity index is 284. The zero-order valence-corrected chi connectivity index (χ0v) is 8.98. The Kier molecular flexibility index (Phi) is 4.71. The number of anilines is 2. The van der Waals surface area contributed by atoms with Crippen LogP contribution in [-0.4, -0.2) is 26.3 Å². The van der Waals surface area contributed by atoms with Gasteiger partial charge in [-0.05, 0) is 24.3 Å². The molecule has 1 aromatic rings. The highest BCUT2D eigenvalue weighted by atomic mass is 16.5. The molecule has 1 fully saturated rings. The van der Waals surface area contributed by atoms with Crippen LogP contribution in [0.25, 0.3) is 0 Å². The smallest absolute Gasteiger partial charge is 0.0642 e. The molecular weight excluding hydrogens is 188 g/mol. The van der Waals surface area contributed by atoms with Crippen molar-refractivity contribution in [3.63, 3.8) is 0 Å². The maximum atomic E-state index is 5.61. The minimum absolute atomic E-state index is 0. The van der Waals surface area contributed by atoms with Crippen LogP contribution in [0.5, 0.6) is 0 Å². The quantitative estimate of drug-likeness (QED) is 0.567. The molecule has 84 valence electrons. The van der Waals surface area contributed by atoms with Gasteiger partial charge in [0.25, 0.3) is 0 Å². The van der Waals surface area contributed by atoms with Gasteiger partial charge in [-0.15, -0.1) is 13.2 Å². The van der Waals surface area contributed by atoms with Gasteiger partial charge in [-0.1, -0.05) is 0 Å². The highest BCUT2D eigenvalue weighted by Crippen LogP contribution is 2.16. The van der Waals surface area contributed by atoms with E-state index >= 15 is 0 Å². The summed E-state index contributed by atoms with van der Waals surface area (Å²) in [4.78, 5) is 2.31. The Balaban J connectivity index is 0.000000711. The highest BCUT2D eigenvalue weighted by molar-refractivity contribution is 5.53. The van der Waals surface area contributed by atoms with E-state index in [1.165, 1.54) is 5.69 Å². The third kappa shape index (κ3) is 3.29. The number of hydrogen-bond donors (Lipinski definition) is 1. The standard InChI is InChI=1S/C10H14N2O.C2H4.H2/c11-9-1-3-10(4-2-9)12-5-7-13-8-6-12;1-2;/h1-4H,5-8,11H2;1-2H2;1H. The second-order valence-corrected chi connectivity index (χ2v) is 3.19. The van der Waals surface area contributed by atoms with Gasteiger partial charge in [0.1, 0.15) is 0 Å². The fraction of sp³-hybridized carbons (Fsp3) is 0.333. The molecule has 1 saturated heterocycles. The predicted octanol–water partition coefficient (Wildman–Crippen LogP) is 2.15. The molecule has 0 aliphatic carbocycles. The fourth-order valence-electron chi connectivity index (χ4n) is 1.51. The van der Waals surface area contributed by atoms with Crippen molar-refractivity contribution in [2.45, 2.75) is 0 Å². The molecule has 0 radical (unpaired) electrons. The first-order valence-electron chi connectivity index (χ1n) is 5.04. The van der Waals surface area contributed by atoms with Gasteiger partial charge in [-0.25, -0.2) is 0 Å². The maximum Gasteiger partial charge on any atom is 0.0642 e. The van der Waals surface area contributed by atoms with Crippen LogP contribution in [-0.2, 0) is 4.74 Å². The van der Waals surface area contributed by atoms with E-state index in [1.54, 1.807) is 0 Å². The van der Waals surface area contributed by atoms with E-state index < -0.39 is 0 Å².